The Hall–Kier alpha value is -7.36. The van der Waals surface area contributed by atoms with Crippen molar-refractivity contribution in [3.8, 4) is 33.9 Å². The smallest absolute Gasteiger partial charge is 0.411 e. The van der Waals surface area contributed by atoms with Gasteiger partial charge in [-0.1, -0.05) is 72.8 Å². The first-order valence-electron chi connectivity index (χ1n) is 18.7. The summed E-state index contributed by atoms with van der Waals surface area (Å²) in [4.78, 5) is 68.1. The summed E-state index contributed by atoms with van der Waals surface area (Å²) in [5.41, 5.74) is 6.29. The molecule has 296 valence electrons. The summed E-state index contributed by atoms with van der Waals surface area (Å²) in [5, 5.41) is 17.2. The van der Waals surface area contributed by atoms with Gasteiger partial charge in [0.25, 0.3) is 5.91 Å². The number of nitrogens with one attached hydrogen (secondary N) is 5. The summed E-state index contributed by atoms with van der Waals surface area (Å²) in [5.74, 6) is 0.743. The molecule has 0 radical (unpaired) electrons. The number of para-hydroxylation sites is 1. The number of likely N-dealkylation sites (tertiary alicyclic amines) is 1. The molecule has 6 aromatic rings. The Balaban J connectivity index is 0.970. The molecular weight excluding hydrogens is 741 g/mol. The first kappa shape index (κ1) is 38.9. The van der Waals surface area contributed by atoms with Crippen LogP contribution in [0.2, 0.25) is 0 Å². The second-order valence-electron chi connectivity index (χ2n) is 13.7. The van der Waals surface area contributed by atoms with Gasteiger partial charge >= 0.3 is 12.2 Å². The highest BCUT2D eigenvalue weighted by Gasteiger charge is 2.37. The molecule has 58 heavy (non-hydrogen) atoms. The average molecular weight is 783 g/mol. The maximum Gasteiger partial charge on any atom is 0.411 e. The molecule has 0 unspecified atom stereocenters. The third-order valence-electron chi connectivity index (χ3n) is 9.88. The van der Waals surface area contributed by atoms with Crippen LogP contribution in [0, 0.1) is 0 Å². The Morgan fingerprint density at radius 3 is 2.21 bits per heavy atom. The molecule has 3 atom stereocenters. The summed E-state index contributed by atoms with van der Waals surface area (Å²) in [6.07, 6.45) is 3.66. The molecule has 1 aliphatic rings. The number of imidazole rings is 2. The lowest BCUT2D eigenvalue weighted by atomic mass is 10.1. The van der Waals surface area contributed by atoms with Crippen LogP contribution < -0.4 is 16.0 Å². The van der Waals surface area contributed by atoms with Crippen molar-refractivity contribution < 1.29 is 28.7 Å². The summed E-state index contributed by atoms with van der Waals surface area (Å²) in [7, 11) is 2.54. The molecule has 16 heteroatoms. The van der Waals surface area contributed by atoms with Crippen LogP contribution in [-0.2, 0) is 25.5 Å². The lowest BCUT2D eigenvalue weighted by molar-refractivity contribution is -0.134. The molecule has 1 aliphatic heterocycles. The average Bonchev–Trinajstić information content (AvgIpc) is 4.06. The summed E-state index contributed by atoms with van der Waals surface area (Å²) in [6, 6.07) is 26.1. The van der Waals surface area contributed by atoms with Crippen molar-refractivity contribution in [3.05, 3.63) is 126 Å². The van der Waals surface area contributed by atoms with Crippen molar-refractivity contribution in [2.75, 3.05) is 26.1 Å². The van der Waals surface area contributed by atoms with Crippen molar-refractivity contribution in [1.29, 1.82) is 0 Å². The molecule has 3 aromatic carbocycles. The number of amides is 4. The SMILES string of the molecule is COC(=O)Nc1ccccc1CC(=O)N[C@@H](C)c1ncc(-c2ccc(-c3ccc(-c4cnc([C@@H]5CCCN5C(=O)[C@H](NC(=O)OC)c5ccccc5)[nH]4)nn3)cc2)[nH]1. The fourth-order valence-electron chi connectivity index (χ4n) is 6.87. The minimum atomic E-state index is -0.906. The molecule has 0 bridgehead atoms. The van der Waals surface area contributed by atoms with Crippen LogP contribution in [0.1, 0.15) is 60.7 Å². The minimum absolute atomic E-state index is 0.0581. The van der Waals surface area contributed by atoms with Crippen LogP contribution in [0.3, 0.4) is 0 Å². The molecule has 0 aliphatic carbocycles. The van der Waals surface area contributed by atoms with Gasteiger partial charge in [0.2, 0.25) is 5.91 Å². The summed E-state index contributed by atoms with van der Waals surface area (Å²) in [6.45, 7) is 2.36. The Morgan fingerprint density at radius 1 is 0.776 bits per heavy atom. The predicted octanol–water partition coefficient (Wildman–Crippen LogP) is 6.28. The van der Waals surface area contributed by atoms with Crippen LogP contribution in [0.4, 0.5) is 15.3 Å². The number of anilines is 1. The lowest BCUT2D eigenvalue weighted by Crippen LogP contribution is -2.42. The Bertz CT molecular complexity index is 2380. The van der Waals surface area contributed by atoms with E-state index in [0.717, 1.165) is 23.2 Å². The molecule has 5 N–H and O–H groups in total. The van der Waals surface area contributed by atoms with E-state index in [9.17, 15) is 19.2 Å². The van der Waals surface area contributed by atoms with Gasteiger partial charge in [0.1, 0.15) is 23.4 Å². The Morgan fingerprint density at radius 2 is 1.47 bits per heavy atom. The van der Waals surface area contributed by atoms with Gasteiger partial charge in [-0.05, 0) is 54.7 Å². The molecule has 4 heterocycles. The van der Waals surface area contributed by atoms with E-state index in [1.165, 1.54) is 14.2 Å². The van der Waals surface area contributed by atoms with Crippen LogP contribution in [0.15, 0.2) is 103 Å². The van der Waals surface area contributed by atoms with Gasteiger partial charge in [-0.25, -0.2) is 19.6 Å². The number of nitrogens with zero attached hydrogens (tertiary/aromatic N) is 5. The minimum Gasteiger partial charge on any atom is -0.453 e. The Labute approximate surface area is 333 Å². The van der Waals surface area contributed by atoms with Gasteiger partial charge in [-0.3, -0.25) is 14.9 Å². The maximum absolute atomic E-state index is 13.8. The highest BCUT2D eigenvalue weighted by atomic mass is 16.5. The number of alkyl carbamates (subject to hydrolysis) is 1. The second-order valence-corrected chi connectivity index (χ2v) is 13.7. The number of methoxy groups -OCH3 is 2. The quantitative estimate of drug-likeness (QED) is 0.0938. The van der Waals surface area contributed by atoms with Crippen LogP contribution in [0.25, 0.3) is 33.9 Å². The van der Waals surface area contributed by atoms with Gasteiger partial charge in [0, 0.05) is 17.8 Å². The van der Waals surface area contributed by atoms with Crippen molar-refractivity contribution in [2.45, 2.75) is 44.3 Å². The van der Waals surface area contributed by atoms with E-state index in [-0.39, 0.29) is 24.3 Å². The topological polar surface area (TPSA) is 209 Å². The molecule has 3 aromatic heterocycles. The lowest BCUT2D eigenvalue weighted by Gasteiger charge is -2.28. The highest BCUT2D eigenvalue weighted by molar-refractivity contribution is 5.88. The van der Waals surface area contributed by atoms with E-state index in [2.05, 4.69) is 50.8 Å². The van der Waals surface area contributed by atoms with Crippen LogP contribution >= 0.6 is 0 Å². The number of benzene rings is 3. The number of hydrogen-bond donors (Lipinski definition) is 5. The zero-order valence-corrected chi connectivity index (χ0v) is 32.1. The standard InChI is InChI=1S/C42H42N10O6/c1-25(45-36(53)22-29-12-7-8-13-30(29)48-41(55)57-2)38-43-23-33(46-38)27-17-15-26(16-18-27)31-19-20-32(51-50-31)34-24-44-39(47-34)35-14-9-21-52(35)40(54)37(49-42(56)58-3)28-10-5-4-6-11-28/h4-8,10-13,15-20,23-25,35,37H,9,14,21-22H2,1-3H3,(H,43,46)(H,44,47)(H,45,53)(H,48,55)(H,49,56)/t25-,35-,37+/m0/s1. The molecular formula is C42H42N10O6. The third-order valence-corrected chi connectivity index (χ3v) is 9.88. The molecule has 1 saturated heterocycles. The number of hydrogen-bond acceptors (Lipinski definition) is 10. The monoisotopic (exact) mass is 782 g/mol. The van der Waals surface area contributed by atoms with Gasteiger partial charge in [-0.15, -0.1) is 10.2 Å². The molecule has 0 saturated carbocycles. The van der Waals surface area contributed by atoms with Gasteiger partial charge in [-0.2, -0.15) is 0 Å². The number of H-pyrrole nitrogens is 2. The largest absolute Gasteiger partial charge is 0.453 e. The third kappa shape index (κ3) is 8.86. The van der Waals surface area contributed by atoms with E-state index in [0.29, 0.717) is 58.5 Å². The van der Waals surface area contributed by atoms with Crippen molar-refractivity contribution >= 4 is 29.7 Å². The first-order valence-corrected chi connectivity index (χ1v) is 18.7. The molecule has 0 spiro atoms. The van der Waals surface area contributed by atoms with Crippen LogP contribution in [-0.4, -0.2) is 79.8 Å². The number of ether oxygens (including phenoxy) is 2. The first-order chi connectivity index (χ1) is 28.2. The van der Waals surface area contributed by atoms with Gasteiger partial charge in [0.15, 0.2) is 0 Å². The number of carbonyl (C=O) groups excluding carboxylic acids is 4. The molecule has 1 fully saturated rings. The predicted molar refractivity (Wildman–Crippen MR) is 214 cm³/mol. The van der Waals surface area contributed by atoms with E-state index in [1.54, 1.807) is 53.7 Å². The van der Waals surface area contributed by atoms with E-state index >= 15 is 0 Å². The normalized spacial score (nSPS) is 14.6. The van der Waals surface area contributed by atoms with Crippen molar-refractivity contribution in [2.24, 2.45) is 0 Å². The van der Waals surface area contributed by atoms with Crippen LogP contribution in [0.5, 0.6) is 0 Å². The fourth-order valence-corrected chi connectivity index (χ4v) is 6.87. The van der Waals surface area contributed by atoms with Gasteiger partial charge < -0.3 is 35.0 Å². The maximum atomic E-state index is 13.8. The number of aromatic nitrogens is 6. The molecule has 7 rings (SSSR count). The van der Waals surface area contributed by atoms with E-state index in [1.807, 2.05) is 61.5 Å². The Kier molecular flexibility index (Phi) is 11.8. The molecule has 4 amide bonds. The second kappa shape index (κ2) is 17.6. The van der Waals surface area contributed by atoms with Gasteiger partial charge in [0.05, 0.1) is 62.2 Å². The summed E-state index contributed by atoms with van der Waals surface area (Å²) < 4.78 is 9.48. The summed E-state index contributed by atoms with van der Waals surface area (Å²) >= 11 is 0. The van der Waals surface area contributed by atoms with Crippen molar-refractivity contribution in [3.63, 3.8) is 0 Å². The number of aromatic amines is 2. The van der Waals surface area contributed by atoms with Crippen molar-refractivity contribution in [1.82, 2.24) is 45.7 Å². The highest BCUT2D eigenvalue weighted by Crippen LogP contribution is 2.34. The zero-order valence-electron chi connectivity index (χ0n) is 32.1. The van der Waals surface area contributed by atoms with E-state index in [4.69, 9.17) is 4.74 Å². The number of carbonyl (C=O) groups is 4. The zero-order chi connectivity index (χ0) is 40.6. The number of rotatable bonds is 12. The molecule has 16 nitrogen and oxygen atoms in total. The van der Waals surface area contributed by atoms with E-state index < -0.39 is 24.3 Å². The fraction of sp³-hybridized carbons (Fsp3) is 0.238.